The van der Waals surface area contributed by atoms with E-state index in [4.69, 9.17) is 4.74 Å². The number of carbonyl (C=O) groups excluding carboxylic acids is 1. The normalized spacial score (nSPS) is 11.9. The molecule has 0 radical (unpaired) electrons. The maximum absolute atomic E-state index is 12.5. The van der Waals surface area contributed by atoms with Crippen molar-refractivity contribution in [2.75, 3.05) is 6.61 Å². The third-order valence-corrected chi connectivity index (χ3v) is 5.47. The number of ether oxygens (including phenoxy) is 1. The number of aryl methyl sites for hydroxylation is 3. The Morgan fingerprint density at radius 3 is 2.46 bits per heavy atom. The van der Waals surface area contributed by atoms with E-state index in [9.17, 15) is 4.79 Å². The van der Waals surface area contributed by atoms with Crippen LogP contribution in [0.3, 0.4) is 0 Å². The van der Waals surface area contributed by atoms with Gasteiger partial charge >= 0.3 is 0 Å². The van der Waals surface area contributed by atoms with Gasteiger partial charge < -0.3 is 9.30 Å². The molecule has 26 heavy (non-hydrogen) atoms. The minimum absolute atomic E-state index is 0.128. The first-order valence-electron chi connectivity index (χ1n) is 8.91. The fourth-order valence-corrected chi connectivity index (χ4v) is 4.09. The van der Waals surface area contributed by atoms with Crippen LogP contribution in [-0.4, -0.2) is 17.1 Å². The Bertz CT molecular complexity index is 997. The SMILES string of the molecule is CCOc1ccc(CC(=O)N=c2sc3cc(C)c(C)cc3n2CC)cc1. The van der Waals surface area contributed by atoms with Crippen LogP contribution >= 0.6 is 11.3 Å². The van der Waals surface area contributed by atoms with E-state index < -0.39 is 0 Å². The topological polar surface area (TPSA) is 43.6 Å². The number of thiazole rings is 1. The molecule has 2 aromatic carbocycles. The lowest BCUT2D eigenvalue weighted by molar-refractivity contribution is -0.117. The molecule has 0 aliphatic heterocycles. The molecule has 4 nitrogen and oxygen atoms in total. The number of aromatic nitrogens is 1. The number of nitrogens with zero attached hydrogens (tertiary/aromatic N) is 2. The van der Waals surface area contributed by atoms with Crippen LogP contribution in [0, 0.1) is 13.8 Å². The zero-order valence-corrected chi connectivity index (χ0v) is 16.5. The molecule has 1 heterocycles. The van der Waals surface area contributed by atoms with Crippen LogP contribution < -0.4 is 9.54 Å². The van der Waals surface area contributed by atoms with Crippen molar-refractivity contribution in [3.63, 3.8) is 0 Å². The van der Waals surface area contributed by atoms with E-state index in [2.05, 4.69) is 42.5 Å². The van der Waals surface area contributed by atoms with Crippen molar-refractivity contribution in [1.82, 2.24) is 4.57 Å². The number of benzene rings is 2. The molecule has 1 amide bonds. The highest BCUT2D eigenvalue weighted by atomic mass is 32.1. The summed E-state index contributed by atoms with van der Waals surface area (Å²) in [6.45, 7) is 9.68. The second kappa shape index (κ2) is 7.87. The Morgan fingerprint density at radius 1 is 1.12 bits per heavy atom. The van der Waals surface area contributed by atoms with Gasteiger partial charge in [0.05, 0.1) is 23.2 Å². The van der Waals surface area contributed by atoms with Crippen LogP contribution in [0.4, 0.5) is 0 Å². The van der Waals surface area contributed by atoms with Gasteiger partial charge in [-0.1, -0.05) is 23.5 Å². The van der Waals surface area contributed by atoms with Crippen molar-refractivity contribution in [3.8, 4) is 5.75 Å². The molecule has 0 aliphatic carbocycles. The first kappa shape index (κ1) is 18.4. The number of hydrogen-bond acceptors (Lipinski definition) is 3. The van der Waals surface area contributed by atoms with E-state index in [0.29, 0.717) is 13.0 Å². The standard InChI is InChI=1S/C21H24N2O2S/c1-5-23-18-11-14(3)15(4)12-19(18)26-21(23)22-20(24)13-16-7-9-17(10-8-16)25-6-2/h7-12H,5-6,13H2,1-4H3. The summed E-state index contributed by atoms with van der Waals surface area (Å²) in [5, 5.41) is 0. The molecule has 3 rings (SSSR count). The first-order chi connectivity index (χ1) is 12.5. The summed E-state index contributed by atoms with van der Waals surface area (Å²) in [7, 11) is 0. The molecule has 136 valence electrons. The fourth-order valence-electron chi connectivity index (χ4n) is 2.90. The van der Waals surface area contributed by atoms with Gasteiger partial charge in [0, 0.05) is 6.54 Å². The Labute approximate surface area is 157 Å². The van der Waals surface area contributed by atoms with Crippen LogP contribution in [0.15, 0.2) is 41.4 Å². The van der Waals surface area contributed by atoms with Gasteiger partial charge in [0.2, 0.25) is 0 Å². The van der Waals surface area contributed by atoms with Gasteiger partial charge in [-0.3, -0.25) is 4.79 Å². The van der Waals surface area contributed by atoms with Crippen molar-refractivity contribution in [2.45, 2.75) is 40.7 Å². The van der Waals surface area contributed by atoms with Crippen LogP contribution in [0.5, 0.6) is 5.75 Å². The van der Waals surface area contributed by atoms with E-state index >= 15 is 0 Å². The smallest absolute Gasteiger partial charge is 0.252 e. The number of carbonyl (C=O) groups is 1. The van der Waals surface area contributed by atoms with Crippen molar-refractivity contribution in [3.05, 3.63) is 57.9 Å². The molecular formula is C21H24N2O2S. The largest absolute Gasteiger partial charge is 0.494 e. The molecule has 0 unspecified atom stereocenters. The highest BCUT2D eigenvalue weighted by Gasteiger charge is 2.09. The van der Waals surface area contributed by atoms with E-state index in [0.717, 1.165) is 28.2 Å². The molecule has 0 bridgehead atoms. The summed E-state index contributed by atoms with van der Waals surface area (Å²) in [6, 6.07) is 12.0. The second-order valence-corrected chi connectivity index (χ2v) is 7.30. The molecule has 0 N–H and O–H groups in total. The monoisotopic (exact) mass is 368 g/mol. The Balaban J connectivity index is 1.90. The zero-order valence-electron chi connectivity index (χ0n) is 15.7. The first-order valence-corrected chi connectivity index (χ1v) is 9.73. The van der Waals surface area contributed by atoms with Gasteiger partial charge in [0.15, 0.2) is 4.80 Å². The summed E-state index contributed by atoms with van der Waals surface area (Å²) in [4.78, 5) is 17.6. The average molecular weight is 369 g/mol. The second-order valence-electron chi connectivity index (χ2n) is 6.29. The van der Waals surface area contributed by atoms with Gasteiger partial charge in [-0.15, -0.1) is 0 Å². The molecule has 5 heteroatoms. The van der Waals surface area contributed by atoms with E-state index in [-0.39, 0.29) is 5.91 Å². The van der Waals surface area contributed by atoms with Gasteiger partial charge in [-0.2, -0.15) is 4.99 Å². The minimum atomic E-state index is -0.128. The summed E-state index contributed by atoms with van der Waals surface area (Å²) >= 11 is 1.57. The molecule has 0 spiro atoms. The Hall–Kier alpha value is -2.40. The maximum Gasteiger partial charge on any atom is 0.252 e. The quantitative estimate of drug-likeness (QED) is 0.669. The average Bonchev–Trinajstić information content (AvgIpc) is 2.93. The number of fused-ring (bicyclic) bond motifs is 1. The highest BCUT2D eigenvalue weighted by Crippen LogP contribution is 2.22. The molecule has 0 saturated heterocycles. The van der Waals surface area contributed by atoms with E-state index in [1.165, 1.54) is 15.8 Å². The molecule has 1 aromatic heterocycles. The van der Waals surface area contributed by atoms with Gasteiger partial charge in [0.25, 0.3) is 5.91 Å². The van der Waals surface area contributed by atoms with Gasteiger partial charge in [0.1, 0.15) is 5.75 Å². The molecule has 0 aliphatic rings. The predicted molar refractivity (Wildman–Crippen MR) is 107 cm³/mol. The summed E-state index contributed by atoms with van der Waals surface area (Å²) < 4.78 is 8.72. The molecule has 0 atom stereocenters. The minimum Gasteiger partial charge on any atom is -0.494 e. The number of rotatable bonds is 5. The van der Waals surface area contributed by atoms with Crippen LogP contribution in [0.1, 0.15) is 30.5 Å². The zero-order chi connectivity index (χ0) is 18.7. The molecule has 0 fully saturated rings. The number of amides is 1. The van der Waals surface area contributed by atoms with Crippen molar-refractivity contribution < 1.29 is 9.53 Å². The lowest BCUT2D eigenvalue weighted by atomic mass is 10.1. The third kappa shape index (κ3) is 3.88. The van der Waals surface area contributed by atoms with Gasteiger partial charge in [-0.05, 0) is 68.7 Å². The maximum atomic E-state index is 12.5. The Kier molecular flexibility index (Phi) is 5.57. The third-order valence-electron chi connectivity index (χ3n) is 4.42. The van der Waals surface area contributed by atoms with Crippen LogP contribution in [-0.2, 0) is 17.8 Å². The number of hydrogen-bond donors (Lipinski definition) is 0. The van der Waals surface area contributed by atoms with E-state index in [1.54, 1.807) is 11.3 Å². The van der Waals surface area contributed by atoms with Crippen molar-refractivity contribution >= 4 is 27.5 Å². The highest BCUT2D eigenvalue weighted by molar-refractivity contribution is 7.16. The molecular weight excluding hydrogens is 344 g/mol. The predicted octanol–water partition coefficient (Wildman–Crippen LogP) is 4.41. The fraction of sp³-hybridized carbons (Fsp3) is 0.333. The lowest BCUT2D eigenvalue weighted by Gasteiger charge is -2.04. The summed E-state index contributed by atoms with van der Waals surface area (Å²) in [6.07, 6.45) is 0.294. The lowest BCUT2D eigenvalue weighted by Crippen LogP contribution is -2.16. The molecule has 3 aromatic rings. The summed E-state index contributed by atoms with van der Waals surface area (Å²) in [5.41, 5.74) is 4.60. The molecule has 0 saturated carbocycles. The van der Waals surface area contributed by atoms with E-state index in [1.807, 2.05) is 31.2 Å². The van der Waals surface area contributed by atoms with Crippen LogP contribution in [0.25, 0.3) is 10.2 Å². The van der Waals surface area contributed by atoms with Crippen molar-refractivity contribution in [1.29, 1.82) is 0 Å². The van der Waals surface area contributed by atoms with Crippen molar-refractivity contribution in [2.24, 2.45) is 4.99 Å². The van der Waals surface area contributed by atoms with Crippen LogP contribution in [0.2, 0.25) is 0 Å². The Morgan fingerprint density at radius 2 is 1.81 bits per heavy atom. The van der Waals surface area contributed by atoms with Gasteiger partial charge in [-0.25, -0.2) is 0 Å². The summed E-state index contributed by atoms with van der Waals surface area (Å²) in [5.74, 6) is 0.691.